The Balaban J connectivity index is 2.06. The standard InChI is InChI=1S/C13H15N3/c1-2-9-8-13(9,14)10-3-4-11-12(7-10)16-6-5-15-11/h3-7,9H,2,8,14H2,1H3. The first-order valence-corrected chi connectivity index (χ1v) is 5.74. The lowest BCUT2D eigenvalue weighted by Crippen LogP contribution is -2.21. The third-order valence-corrected chi connectivity index (χ3v) is 3.65. The van der Waals surface area contributed by atoms with Crippen LogP contribution in [0.2, 0.25) is 0 Å². The Kier molecular flexibility index (Phi) is 1.98. The van der Waals surface area contributed by atoms with Crippen LogP contribution in [0, 0.1) is 5.92 Å². The Hall–Kier alpha value is -1.48. The van der Waals surface area contributed by atoms with Crippen molar-refractivity contribution in [3.05, 3.63) is 36.2 Å². The summed E-state index contributed by atoms with van der Waals surface area (Å²) in [5.41, 5.74) is 9.33. The maximum atomic E-state index is 6.37. The summed E-state index contributed by atoms with van der Waals surface area (Å²) in [6, 6.07) is 6.18. The van der Waals surface area contributed by atoms with Gasteiger partial charge in [-0.25, -0.2) is 0 Å². The minimum Gasteiger partial charge on any atom is -0.321 e. The summed E-state index contributed by atoms with van der Waals surface area (Å²) >= 11 is 0. The highest BCUT2D eigenvalue weighted by molar-refractivity contribution is 5.75. The lowest BCUT2D eigenvalue weighted by Gasteiger charge is -2.11. The van der Waals surface area contributed by atoms with Crippen LogP contribution in [0.1, 0.15) is 25.3 Å². The normalized spacial score (nSPS) is 28.2. The third kappa shape index (κ3) is 1.32. The van der Waals surface area contributed by atoms with Crippen LogP contribution in [0.3, 0.4) is 0 Å². The van der Waals surface area contributed by atoms with Gasteiger partial charge in [0.25, 0.3) is 0 Å². The van der Waals surface area contributed by atoms with Crippen molar-refractivity contribution in [1.82, 2.24) is 9.97 Å². The Morgan fingerprint density at radius 2 is 2.06 bits per heavy atom. The van der Waals surface area contributed by atoms with Gasteiger partial charge in [-0.1, -0.05) is 19.4 Å². The summed E-state index contributed by atoms with van der Waals surface area (Å²) in [5, 5.41) is 0. The molecule has 0 radical (unpaired) electrons. The van der Waals surface area contributed by atoms with Gasteiger partial charge < -0.3 is 5.73 Å². The predicted molar refractivity (Wildman–Crippen MR) is 63.8 cm³/mol. The molecule has 3 nitrogen and oxygen atoms in total. The van der Waals surface area contributed by atoms with Crippen LogP contribution >= 0.6 is 0 Å². The molecule has 1 aromatic carbocycles. The third-order valence-electron chi connectivity index (χ3n) is 3.65. The molecule has 2 aromatic rings. The van der Waals surface area contributed by atoms with E-state index in [4.69, 9.17) is 5.73 Å². The number of aromatic nitrogens is 2. The molecule has 2 atom stereocenters. The van der Waals surface area contributed by atoms with Crippen molar-refractivity contribution >= 4 is 11.0 Å². The molecular formula is C13H15N3. The summed E-state index contributed by atoms with van der Waals surface area (Å²) in [6.45, 7) is 2.19. The smallest absolute Gasteiger partial charge is 0.0890 e. The topological polar surface area (TPSA) is 51.8 Å². The number of rotatable bonds is 2. The molecule has 3 heteroatoms. The van der Waals surface area contributed by atoms with Crippen LogP contribution in [-0.2, 0) is 5.54 Å². The molecule has 0 amide bonds. The molecule has 2 N–H and O–H groups in total. The van der Waals surface area contributed by atoms with Crippen molar-refractivity contribution in [2.24, 2.45) is 11.7 Å². The first-order valence-electron chi connectivity index (χ1n) is 5.74. The first kappa shape index (κ1) is 9.73. The number of hydrogen-bond acceptors (Lipinski definition) is 3. The van der Waals surface area contributed by atoms with E-state index in [1.807, 2.05) is 6.07 Å². The van der Waals surface area contributed by atoms with Crippen LogP contribution in [0.25, 0.3) is 11.0 Å². The van der Waals surface area contributed by atoms with Gasteiger partial charge in [0.05, 0.1) is 11.0 Å². The van der Waals surface area contributed by atoms with Gasteiger partial charge in [-0.2, -0.15) is 0 Å². The second-order valence-electron chi connectivity index (χ2n) is 4.61. The summed E-state index contributed by atoms with van der Waals surface area (Å²) in [5.74, 6) is 0.627. The molecule has 3 rings (SSSR count). The van der Waals surface area contributed by atoms with E-state index in [1.54, 1.807) is 12.4 Å². The number of benzene rings is 1. The molecule has 1 saturated carbocycles. The Morgan fingerprint density at radius 1 is 1.31 bits per heavy atom. The molecule has 0 bridgehead atoms. The molecule has 1 fully saturated rings. The second kappa shape index (κ2) is 3.25. The van der Waals surface area contributed by atoms with Crippen molar-refractivity contribution < 1.29 is 0 Å². The van der Waals surface area contributed by atoms with E-state index in [9.17, 15) is 0 Å². The van der Waals surface area contributed by atoms with E-state index in [2.05, 4.69) is 29.0 Å². The Labute approximate surface area is 94.7 Å². The zero-order chi connectivity index (χ0) is 11.2. The van der Waals surface area contributed by atoms with Crippen LogP contribution in [-0.4, -0.2) is 9.97 Å². The van der Waals surface area contributed by atoms with E-state index in [-0.39, 0.29) is 5.54 Å². The molecule has 0 aliphatic heterocycles. The highest BCUT2D eigenvalue weighted by Crippen LogP contribution is 2.51. The summed E-state index contributed by atoms with van der Waals surface area (Å²) in [7, 11) is 0. The molecule has 1 aliphatic rings. The van der Waals surface area contributed by atoms with Crippen molar-refractivity contribution in [2.75, 3.05) is 0 Å². The fraction of sp³-hybridized carbons (Fsp3) is 0.385. The van der Waals surface area contributed by atoms with E-state index in [0.29, 0.717) is 5.92 Å². The number of nitrogens with two attached hydrogens (primary N) is 1. The quantitative estimate of drug-likeness (QED) is 0.832. The molecule has 16 heavy (non-hydrogen) atoms. The minimum absolute atomic E-state index is 0.111. The lowest BCUT2D eigenvalue weighted by molar-refractivity contribution is 0.616. The maximum absolute atomic E-state index is 6.37. The second-order valence-corrected chi connectivity index (χ2v) is 4.61. The zero-order valence-electron chi connectivity index (χ0n) is 9.35. The minimum atomic E-state index is -0.111. The average molecular weight is 213 g/mol. The fourth-order valence-corrected chi connectivity index (χ4v) is 2.46. The van der Waals surface area contributed by atoms with Gasteiger partial charge in [-0.05, 0) is 30.0 Å². The maximum Gasteiger partial charge on any atom is 0.0890 e. The molecule has 0 spiro atoms. The van der Waals surface area contributed by atoms with Crippen LogP contribution in [0.5, 0.6) is 0 Å². The Morgan fingerprint density at radius 3 is 2.75 bits per heavy atom. The van der Waals surface area contributed by atoms with Gasteiger partial charge in [0, 0.05) is 17.9 Å². The molecule has 2 unspecified atom stereocenters. The van der Waals surface area contributed by atoms with E-state index in [1.165, 1.54) is 5.56 Å². The van der Waals surface area contributed by atoms with Gasteiger partial charge in [0.1, 0.15) is 0 Å². The summed E-state index contributed by atoms with van der Waals surface area (Å²) < 4.78 is 0. The Bertz CT molecular complexity index is 537. The van der Waals surface area contributed by atoms with Gasteiger partial charge in [0.2, 0.25) is 0 Å². The van der Waals surface area contributed by atoms with Gasteiger partial charge in [0.15, 0.2) is 0 Å². The molecule has 0 saturated heterocycles. The number of fused-ring (bicyclic) bond motifs is 1. The molecule has 1 aliphatic carbocycles. The van der Waals surface area contributed by atoms with Crippen molar-refractivity contribution in [3.8, 4) is 0 Å². The highest BCUT2D eigenvalue weighted by Gasteiger charge is 2.50. The van der Waals surface area contributed by atoms with Gasteiger partial charge in [-0.3, -0.25) is 9.97 Å². The lowest BCUT2D eigenvalue weighted by atomic mass is 10.0. The largest absolute Gasteiger partial charge is 0.321 e. The van der Waals surface area contributed by atoms with E-state index >= 15 is 0 Å². The monoisotopic (exact) mass is 213 g/mol. The van der Waals surface area contributed by atoms with Crippen molar-refractivity contribution in [1.29, 1.82) is 0 Å². The highest BCUT2D eigenvalue weighted by atomic mass is 14.9. The van der Waals surface area contributed by atoms with Crippen molar-refractivity contribution in [3.63, 3.8) is 0 Å². The molecule has 1 aromatic heterocycles. The SMILES string of the molecule is CCC1CC1(N)c1ccc2nccnc2c1. The number of nitrogens with zero attached hydrogens (tertiary/aromatic N) is 2. The van der Waals surface area contributed by atoms with Crippen LogP contribution < -0.4 is 5.73 Å². The summed E-state index contributed by atoms with van der Waals surface area (Å²) in [4.78, 5) is 8.58. The van der Waals surface area contributed by atoms with Crippen LogP contribution in [0.4, 0.5) is 0 Å². The predicted octanol–water partition coefficient (Wildman–Crippen LogP) is 2.21. The van der Waals surface area contributed by atoms with E-state index in [0.717, 1.165) is 23.9 Å². The van der Waals surface area contributed by atoms with Gasteiger partial charge in [-0.15, -0.1) is 0 Å². The van der Waals surface area contributed by atoms with E-state index < -0.39 is 0 Å². The molecule has 1 heterocycles. The van der Waals surface area contributed by atoms with Gasteiger partial charge >= 0.3 is 0 Å². The molecular weight excluding hydrogens is 198 g/mol. The fourth-order valence-electron chi connectivity index (χ4n) is 2.46. The average Bonchev–Trinajstić information content (AvgIpc) is 3.01. The summed E-state index contributed by atoms with van der Waals surface area (Å²) in [6.07, 6.45) is 5.68. The van der Waals surface area contributed by atoms with Crippen LogP contribution in [0.15, 0.2) is 30.6 Å². The first-order chi connectivity index (χ1) is 7.74. The molecule has 82 valence electrons. The number of hydrogen-bond donors (Lipinski definition) is 1. The van der Waals surface area contributed by atoms with Crippen molar-refractivity contribution in [2.45, 2.75) is 25.3 Å². The zero-order valence-corrected chi connectivity index (χ0v) is 9.35.